The van der Waals surface area contributed by atoms with E-state index in [1.54, 1.807) is 19.0 Å². The molecule has 14 heavy (non-hydrogen) atoms. The number of carbonyl (C=O) groups excluding carboxylic acids is 1. The third-order valence-electron chi connectivity index (χ3n) is 1.65. The van der Waals surface area contributed by atoms with Crippen molar-refractivity contribution in [3.8, 4) is 5.75 Å². The third-order valence-corrected chi connectivity index (χ3v) is 1.65. The molecule has 4 nitrogen and oxygen atoms in total. The number of benzene rings is 1. The predicted molar refractivity (Wildman–Crippen MR) is 46.8 cm³/mol. The van der Waals surface area contributed by atoms with Gasteiger partial charge in [0.05, 0.1) is 5.97 Å². The Hall–Kier alpha value is -0.710. The first-order chi connectivity index (χ1) is 6.00. The number of carboxylic acids is 1. The smallest absolute Gasteiger partial charge is 0.545 e. The summed E-state index contributed by atoms with van der Waals surface area (Å²) in [7, 11) is 3.52. The summed E-state index contributed by atoms with van der Waals surface area (Å²) in [6.07, 6.45) is 0. The van der Waals surface area contributed by atoms with E-state index in [1.807, 2.05) is 0 Å². The summed E-state index contributed by atoms with van der Waals surface area (Å²) < 4.78 is 0. The number of carbonyl (C=O) groups is 1. The van der Waals surface area contributed by atoms with Crippen LogP contribution in [0, 0.1) is 0 Å². The average molecular weight is 203 g/mol. The Labute approximate surface area is 104 Å². The Morgan fingerprint density at radius 2 is 1.93 bits per heavy atom. The molecular formula is C9H10NNaO3. The van der Waals surface area contributed by atoms with Gasteiger partial charge in [-0.05, 0) is 12.1 Å². The van der Waals surface area contributed by atoms with Gasteiger partial charge in [0.25, 0.3) is 0 Å². The minimum absolute atomic E-state index is 0. The van der Waals surface area contributed by atoms with E-state index >= 15 is 0 Å². The molecule has 0 unspecified atom stereocenters. The number of aromatic hydroxyl groups is 1. The van der Waals surface area contributed by atoms with Crippen molar-refractivity contribution in [2.24, 2.45) is 0 Å². The van der Waals surface area contributed by atoms with E-state index in [9.17, 15) is 15.0 Å². The van der Waals surface area contributed by atoms with Crippen LogP contribution in [-0.2, 0) is 0 Å². The van der Waals surface area contributed by atoms with Crippen molar-refractivity contribution in [2.45, 2.75) is 0 Å². The number of carboxylic acid groups (broad SMARTS) is 1. The van der Waals surface area contributed by atoms with Crippen LogP contribution in [-0.4, -0.2) is 25.2 Å². The van der Waals surface area contributed by atoms with E-state index in [0.717, 1.165) is 6.07 Å². The molecular weight excluding hydrogens is 193 g/mol. The molecule has 1 aromatic carbocycles. The van der Waals surface area contributed by atoms with Crippen LogP contribution in [0.5, 0.6) is 5.75 Å². The van der Waals surface area contributed by atoms with Crippen molar-refractivity contribution in [1.82, 2.24) is 0 Å². The average Bonchev–Trinajstić information content (AvgIpc) is 2.03. The monoisotopic (exact) mass is 203 g/mol. The molecule has 0 spiro atoms. The van der Waals surface area contributed by atoms with Crippen LogP contribution in [0.4, 0.5) is 5.69 Å². The fourth-order valence-electron chi connectivity index (χ4n) is 0.971. The van der Waals surface area contributed by atoms with Gasteiger partial charge >= 0.3 is 29.6 Å². The number of phenolic OH excluding ortho intramolecular Hbond substituents is 1. The molecule has 0 heterocycles. The summed E-state index contributed by atoms with van der Waals surface area (Å²) in [5.41, 5.74) is 0.600. The van der Waals surface area contributed by atoms with Gasteiger partial charge in [-0.1, -0.05) is 0 Å². The molecule has 0 amide bonds. The zero-order valence-corrected chi connectivity index (χ0v) is 10.4. The Bertz CT molecular complexity index is 339. The van der Waals surface area contributed by atoms with Gasteiger partial charge in [-0.2, -0.15) is 0 Å². The van der Waals surface area contributed by atoms with Gasteiger partial charge in [-0.25, -0.2) is 0 Å². The maximum absolute atomic E-state index is 10.5. The Balaban J connectivity index is 0.00000169. The number of nitrogens with zero attached hydrogens (tertiary/aromatic N) is 1. The molecule has 0 aliphatic heterocycles. The molecule has 1 N–H and O–H groups in total. The van der Waals surface area contributed by atoms with E-state index in [-0.39, 0.29) is 40.9 Å². The van der Waals surface area contributed by atoms with Gasteiger partial charge in [-0.15, -0.1) is 0 Å². The van der Waals surface area contributed by atoms with Gasteiger partial charge in [0, 0.05) is 31.4 Å². The SMILES string of the molecule is CN(C)c1cc(O)cc(C(=O)[O-])c1.[Na+]. The molecule has 0 atom stereocenters. The maximum atomic E-state index is 10.5. The first-order valence-electron chi connectivity index (χ1n) is 3.73. The van der Waals surface area contributed by atoms with E-state index in [2.05, 4.69) is 0 Å². The number of rotatable bonds is 2. The van der Waals surface area contributed by atoms with E-state index in [1.165, 1.54) is 12.1 Å². The normalized spacial score (nSPS) is 9.00. The van der Waals surface area contributed by atoms with Gasteiger partial charge in [0.15, 0.2) is 0 Å². The van der Waals surface area contributed by atoms with Crippen LogP contribution in [0.15, 0.2) is 18.2 Å². The first-order valence-corrected chi connectivity index (χ1v) is 3.73. The molecule has 70 valence electrons. The largest absolute Gasteiger partial charge is 1.00 e. The first kappa shape index (κ1) is 13.3. The van der Waals surface area contributed by atoms with Crippen molar-refractivity contribution in [3.05, 3.63) is 23.8 Å². The Morgan fingerprint density at radius 1 is 1.36 bits per heavy atom. The molecule has 0 aliphatic rings. The van der Waals surface area contributed by atoms with Gasteiger partial charge in [0.1, 0.15) is 5.75 Å². The molecule has 0 bridgehead atoms. The number of hydrogen-bond acceptors (Lipinski definition) is 4. The minimum atomic E-state index is -1.29. The summed E-state index contributed by atoms with van der Waals surface area (Å²) in [4.78, 5) is 12.2. The maximum Gasteiger partial charge on any atom is 1.00 e. The molecule has 0 saturated carbocycles. The van der Waals surface area contributed by atoms with Crippen molar-refractivity contribution in [3.63, 3.8) is 0 Å². The number of aromatic carboxylic acids is 1. The Morgan fingerprint density at radius 3 is 2.36 bits per heavy atom. The van der Waals surface area contributed by atoms with Crippen LogP contribution >= 0.6 is 0 Å². The summed E-state index contributed by atoms with van der Waals surface area (Å²) in [5, 5.41) is 19.7. The molecule has 1 rings (SSSR count). The second-order valence-electron chi connectivity index (χ2n) is 2.92. The summed E-state index contributed by atoms with van der Waals surface area (Å²) in [5.74, 6) is -1.37. The summed E-state index contributed by atoms with van der Waals surface area (Å²) in [6.45, 7) is 0. The fourth-order valence-corrected chi connectivity index (χ4v) is 0.971. The van der Waals surface area contributed by atoms with Crippen LogP contribution < -0.4 is 39.6 Å². The molecule has 0 aliphatic carbocycles. The van der Waals surface area contributed by atoms with Crippen LogP contribution in [0.1, 0.15) is 10.4 Å². The predicted octanol–water partition coefficient (Wildman–Crippen LogP) is -3.17. The van der Waals surface area contributed by atoms with E-state index < -0.39 is 5.97 Å². The molecule has 5 heteroatoms. The van der Waals surface area contributed by atoms with Crippen molar-refractivity contribution < 1.29 is 44.6 Å². The molecule has 0 radical (unpaired) electrons. The quantitative estimate of drug-likeness (QED) is 0.515. The number of anilines is 1. The Kier molecular flexibility index (Phi) is 4.97. The van der Waals surface area contributed by atoms with Crippen molar-refractivity contribution in [2.75, 3.05) is 19.0 Å². The van der Waals surface area contributed by atoms with Crippen LogP contribution in [0.3, 0.4) is 0 Å². The molecule has 1 aromatic rings. The van der Waals surface area contributed by atoms with Crippen molar-refractivity contribution in [1.29, 1.82) is 0 Å². The van der Waals surface area contributed by atoms with E-state index in [0.29, 0.717) is 5.69 Å². The number of phenols is 1. The minimum Gasteiger partial charge on any atom is -0.545 e. The van der Waals surface area contributed by atoms with Gasteiger partial charge < -0.3 is 19.9 Å². The second-order valence-corrected chi connectivity index (χ2v) is 2.92. The fraction of sp³-hybridized carbons (Fsp3) is 0.222. The number of hydrogen-bond donors (Lipinski definition) is 1. The molecule has 0 saturated heterocycles. The van der Waals surface area contributed by atoms with Crippen molar-refractivity contribution >= 4 is 11.7 Å². The topological polar surface area (TPSA) is 63.6 Å². The third kappa shape index (κ3) is 3.21. The van der Waals surface area contributed by atoms with Gasteiger partial charge in [0.2, 0.25) is 0 Å². The standard InChI is InChI=1S/C9H11NO3.Na/c1-10(2)7-3-6(9(12)13)4-8(11)5-7;/h3-5,11H,1-2H3,(H,12,13);/q;+1/p-1. The van der Waals surface area contributed by atoms with Crippen LogP contribution in [0.2, 0.25) is 0 Å². The molecule has 0 aromatic heterocycles. The molecule has 0 fully saturated rings. The van der Waals surface area contributed by atoms with Gasteiger partial charge in [-0.3, -0.25) is 0 Å². The zero-order chi connectivity index (χ0) is 10.0. The summed E-state index contributed by atoms with van der Waals surface area (Å²) >= 11 is 0. The van der Waals surface area contributed by atoms with E-state index in [4.69, 9.17) is 0 Å². The van der Waals surface area contributed by atoms with Crippen LogP contribution in [0.25, 0.3) is 0 Å². The second kappa shape index (κ2) is 5.24. The zero-order valence-electron chi connectivity index (χ0n) is 8.44. The summed E-state index contributed by atoms with van der Waals surface area (Å²) in [6, 6.07) is 4.07.